The Morgan fingerprint density at radius 1 is 1.33 bits per heavy atom. The predicted octanol–water partition coefficient (Wildman–Crippen LogP) is 0.868. The first-order valence-electron chi connectivity index (χ1n) is 6.59. The molecular weight excluding hydrogens is 266 g/mol. The summed E-state index contributed by atoms with van der Waals surface area (Å²) < 4.78 is 0. The molecule has 1 atom stereocenters. The molecule has 21 heavy (non-hydrogen) atoms. The number of carbonyl (C=O) groups excluding carboxylic acids is 1. The molecular formula is C15H15N5O. The molecule has 1 aliphatic rings. The zero-order valence-electron chi connectivity index (χ0n) is 11.3. The van der Waals surface area contributed by atoms with Crippen molar-refractivity contribution in [3.8, 4) is 0 Å². The van der Waals surface area contributed by atoms with Crippen molar-refractivity contribution < 1.29 is 4.79 Å². The van der Waals surface area contributed by atoms with Crippen LogP contribution in [0.1, 0.15) is 11.1 Å². The molecule has 2 aromatic rings. The number of nitrogens with one attached hydrogen (secondary N) is 1. The Labute approximate surface area is 122 Å². The zero-order valence-corrected chi connectivity index (χ0v) is 11.3. The molecule has 0 radical (unpaired) electrons. The van der Waals surface area contributed by atoms with E-state index in [2.05, 4.69) is 15.4 Å². The lowest BCUT2D eigenvalue weighted by Crippen LogP contribution is -2.40. The quantitative estimate of drug-likeness (QED) is 0.809. The maximum Gasteiger partial charge on any atom is 0.149 e. The maximum atomic E-state index is 11.5. The first-order valence-corrected chi connectivity index (χ1v) is 6.59. The van der Waals surface area contributed by atoms with Crippen molar-refractivity contribution in [2.24, 2.45) is 5.73 Å². The third-order valence-corrected chi connectivity index (χ3v) is 3.37. The van der Waals surface area contributed by atoms with E-state index in [-0.39, 0.29) is 0 Å². The fraction of sp³-hybridized carbons (Fsp3) is 0.133. The number of pyridine rings is 2. The van der Waals surface area contributed by atoms with Crippen molar-refractivity contribution in [3.63, 3.8) is 0 Å². The van der Waals surface area contributed by atoms with E-state index in [0.717, 1.165) is 23.0 Å². The fourth-order valence-electron chi connectivity index (χ4n) is 2.25. The van der Waals surface area contributed by atoms with Crippen LogP contribution in [0.3, 0.4) is 0 Å². The van der Waals surface area contributed by atoms with Crippen LogP contribution in [0.5, 0.6) is 0 Å². The molecule has 0 bridgehead atoms. The lowest BCUT2D eigenvalue weighted by atomic mass is 10.0. The summed E-state index contributed by atoms with van der Waals surface area (Å²) in [6.45, 7) is 0.441. The number of hydrogen-bond acceptors (Lipinski definition) is 6. The number of nitrogens with two attached hydrogens (primary N) is 1. The van der Waals surface area contributed by atoms with E-state index in [1.54, 1.807) is 29.8 Å². The largest absolute Gasteiger partial charge is 0.326 e. The second-order valence-electron chi connectivity index (χ2n) is 4.65. The van der Waals surface area contributed by atoms with Crippen molar-refractivity contribution in [1.82, 2.24) is 15.4 Å². The number of aromatic nitrogens is 2. The van der Waals surface area contributed by atoms with Crippen LogP contribution >= 0.6 is 0 Å². The Kier molecular flexibility index (Phi) is 3.61. The Morgan fingerprint density at radius 2 is 2.24 bits per heavy atom. The molecule has 0 aromatic carbocycles. The molecule has 0 aliphatic carbocycles. The lowest BCUT2D eigenvalue weighted by molar-refractivity contribution is -0.107. The van der Waals surface area contributed by atoms with Crippen molar-refractivity contribution in [2.45, 2.75) is 12.6 Å². The van der Waals surface area contributed by atoms with Crippen LogP contribution in [-0.4, -0.2) is 22.3 Å². The van der Waals surface area contributed by atoms with Gasteiger partial charge in [-0.15, -0.1) is 0 Å². The van der Waals surface area contributed by atoms with E-state index in [1.165, 1.54) is 0 Å². The number of rotatable bonds is 4. The normalized spacial score (nSPS) is 17.3. The highest BCUT2D eigenvalue weighted by Gasteiger charge is 2.29. The third kappa shape index (κ3) is 2.48. The smallest absolute Gasteiger partial charge is 0.149 e. The molecule has 1 aliphatic heterocycles. The first-order chi connectivity index (χ1) is 10.3. The second-order valence-corrected chi connectivity index (χ2v) is 4.65. The molecule has 3 N–H and O–H groups in total. The van der Waals surface area contributed by atoms with Gasteiger partial charge >= 0.3 is 0 Å². The van der Waals surface area contributed by atoms with Crippen molar-refractivity contribution in [1.29, 1.82) is 0 Å². The summed E-state index contributed by atoms with van der Waals surface area (Å²) >= 11 is 0. The molecule has 0 saturated carbocycles. The highest BCUT2D eigenvalue weighted by Crippen LogP contribution is 2.27. The fourth-order valence-corrected chi connectivity index (χ4v) is 2.25. The molecule has 6 heteroatoms. The van der Waals surface area contributed by atoms with Crippen LogP contribution in [0.4, 0.5) is 5.82 Å². The average Bonchev–Trinajstić information content (AvgIpc) is 2.99. The number of hydrazine groups is 1. The predicted molar refractivity (Wildman–Crippen MR) is 79.8 cm³/mol. The van der Waals surface area contributed by atoms with Crippen molar-refractivity contribution in [2.75, 3.05) is 5.01 Å². The SMILES string of the molecule is NCc1ccc(N2NC=C(c3cccnc3)C2C=O)nc1. The van der Waals surface area contributed by atoms with Gasteiger partial charge in [0, 0.05) is 42.5 Å². The third-order valence-electron chi connectivity index (χ3n) is 3.37. The topological polar surface area (TPSA) is 84.1 Å². The van der Waals surface area contributed by atoms with Crippen LogP contribution in [0.2, 0.25) is 0 Å². The Hall–Kier alpha value is -2.73. The number of nitrogens with zero attached hydrogens (tertiary/aromatic N) is 3. The van der Waals surface area contributed by atoms with Crippen LogP contribution < -0.4 is 16.2 Å². The minimum Gasteiger partial charge on any atom is -0.326 e. The number of anilines is 1. The molecule has 106 valence electrons. The van der Waals surface area contributed by atoms with Gasteiger partial charge in [-0.3, -0.25) is 9.99 Å². The molecule has 1 unspecified atom stereocenters. The standard InChI is InChI=1S/C15H15N5O/c16-6-11-3-4-15(18-7-11)20-14(10-21)13(9-19-20)12-2-1-5-17-8-12/h1-5,7-10,14,19H,6,16H2. The first kappa shape index (κ1) is 13.3. The summed E-state index contributed by atoms with van der Waals surface area (Å²) in [4.78, 5) is 19.9. The van der Waals surface area contributed by atoms with E-state index >= 15 is 0 Å². The molecule has 3 rings (SSSR count). The monoisotopic (exact) mass is 281 g/mol. The summed E-state index contributed by atoms with van der Waals surface area (Å²) in [7, 11) is 0. The van der Waals surface area contributed by atoms with E-state index < -0.39 is 6.04 Å². The van der Waals surface area contributed by atoms with Gasteiger partial charge in [0.1, 0.15) is 18.1 Å². The molecule has 0 saturated heterocycles. The van der Waals surface area contributed by atoms with Gasteiger partial charge in [-0.25, -0.2) is 4.98 Å². The number of carbonyl (C=O) groups is 1. The van der Waals surface area contributed by atoms with E-state index in [4.69, 9.17) is 5.73 Å². The van der Waals surface area contributed by atoms with Gasteiger partial charge in [-0.1, -0.05) is 12.1 Å². The summed E-state index contributed by atoms with van der Waals surface area (Å²) in [6, 6.07) is 7.06. The maximum absolute atomic E-state index is 11.5. The minimum absolute atomic E-state index is 0.439. The molecule has 6 nitrogen and oxygen atoms in total. The Balaban J connectivity index is 1.87. The summed E-state index contributed by atoms with van der Waals surface area (Å²) in [5.41, 5.74) is 11.4. The van der Waals surface area contributed by atoms with Gasteiger partial charge in [0.2, 0.25) is 0 Å². The van der Waals surface area contributed by atoms with E-state index in [0.29, 0.717) is 12.4 Å². The summed E-state index contributed by atoms with van der Waals surface area (Å²) in [6.07, 6.45) is 7.83. The average molecular weight is 281 g/mol. The number of hydrogen-bond donors (Lipinski definition) is 2. The summed E-state index contributed by atoms with van der Waals surface area (Å²) in [5, 5.41) is 1.72. The van der Waals surface area contributed by atoms with Crippen molar-refractivity contribution in [3.05, 3.63) is 60.2 Å². The van der Waals surface area contributed by atoms with Crippen LogP contribution in [0.25, 0.3) is 5.57 Å². The summed E-state index contributed by atoms with van der Waals surface area (Å²) in [5.74, 6) is 0.666. The zero-order chi connectivity index (χ0) is 14.7. The highest BCUT2D eigenvalue weighted by molar-refractivity contribution is 5.89. The molecule has 0 spiro atoms. The van der Waals surface area contributed by atoms with Gasteiger partial charge in [0.05, 0.1) is 0 Å². The van der Waals surface area contributed by atoms with Crippen LogP contribution in [-0.2, 0) is 11.3 Å². The van der Waals surface area contributed by atoms with Crippen LogP contribution in [0.15, 0.2) is 49.1 Å². The highest BCUT2D eigenvalue weighted by atomic mass is 16.1. The molecule has 0 fully saturated rings. The van der Waals surface area contributed by atoms with E-state index in [1.807, 2.05) is 24.3 Å². The molecule has 0 amide bonds. The lowest BCUT2D eigenvalue weighted by Gasteiger charge is -2.23. The van der Waals surface area contributed by atoms with Crippen LogP contribution in [0, 0.1) is 0 Å². The minimum atomic E-state index is -0.439. The second kappa shape index (κ2) is 5.72. The number of aldehydes is 1. The molecule has 3 heterocycles. The Bertz CT molecular complexity index is 654. The van der Waals surface area contributed by atoms with E-state index in [9.17, 15) is 4.79 Å². The Morgan fingerprint density at radius 3 is 2.86 bits per heavy atom. The van der Waals surface area contributed by atoms with Crippen molar-refractivity contribution >= 4 is 17.7 Å². The van der Waals surface area contributed by atoms with Gasteiger partial charge < -0.3 is 16.0 Å². The molecule has 2 aromatic heterocycles. The van der Waals surface area contributed by atoms with Gasteiger partial charge in [-0.2, -0.15) is 0 Å². The van der Waals surface area contributed by atoms with Gasteiger partial charge in [0.25, 0.3) is 0 Å². The van der Waals surface area contributed by atoms with Gasteiger partial charge in [-0.05, 0) is 17.7 Å². The van der Waals surface area contributed by atoms with Gasteiger partial charge in [0.15, 0.2) is 0 Å².